The minimum Gasteiger partial charge on any atom is -0.374 e. The molecule has 0 bridgehead atoms. The van der Waals surface area contributed by atoms with Crippen molar-refractivity contribution in [2.24, 2.45) is 0 Å². The van der Waals surface area contributed by atoms with E-state index in [0.717, 1.165) is 34.1 Å². The van der Waals surface area contributed by atoms with E-state index >= 15 is 0 Å². The van der Waals surface area contributed by atoms with Gasteiger partial charge in [-0.15, -0.1) is 0 Å². The van der Waals surface area contributed by atoms with Crippen LogP contribution in [-0.2, 0) is 27.9 Å². The molecule has 0 spiro atoms. The second-order valence-corrected chi connectivity index (χ2v) is 10.7. The minimum absolute atomic E-state index is 0.196. The van der Waals surface area contributed by atoms with Crippen molar-refractivity contribution < 1.29 is 13.2 Å². The molecule has 3 rings (SSSR count). The molecule has 0 aliphatic carbocycles. The molecule has 1 aromatic carbocycles. The highest BCUT2D eigenvalue weighted by molar-refractivity contribution is 7.87. The van der Waals surface area contributed by atoms with Gasteiger partial charge in [-0.3, -0.25) is 4.98 Å². The zero-order chi connectivity index (χ0) is 22.6. The van der Waals surface area contributed by atoms with E-state index < -0.39 is 10.2 Å². The number of nitrogens with one attached hydrogen (secondary N) is 1. The van der Waals surface area contributed by atoms with E-state index in [0.29, 0.717) is 19.6 Å². The van der Waals surface area contributed by atoms with Gasteiger partial charge in [0.15, 0.2) is 0 Å². The van der Waals surface area contributed by atoms with Crippen molar-refractivity contribution in [3.8, 4) is 11.1 Å². The lowest BCUT2D eigenvalue weighted by atomic mass is 10.0. The first-order valence-corrected chi connectivity index (χ1v) is 11.8. The van der Waals surface area contributed by atoms with Crippen LogP contribution in [-0.4, -0.2) is 55.1 Å². The quantitative estimate of drug-likeness (QED) is 0.548. The summed E-state index contributed by atoms with van der Waals surface area (Å²) in [6.45, 7) is 7.79. The molecule has 0 fully saturated rings. The molecule has 168 valence electrons. The summed E-state index contributed by atoms with van der Waals surface area (Å²) in [5.74, 6) is 0. The molecule has 0 atom stereocenters. The zero-order valence-corrected chi connectivity index (χ0v) is 19.7. The Morgan fingerprint density at radius 2 is 1.81 bits per heavy atom. The number of pyridine rings is 1. The Hall–Kier alpha value is -2.26. The predicted molar refractivity (Wildman–Crippen MR) is 125 cm³/mol. The molecule has 2 aromatic heterocycles. The molecule has 0 radical (unpaired) electrons. The Labute approximate surface area is 185 Å². The van der Waals surface area contributed by atoms with E-state index in [2.05, 4.69) is 38.7 Å². The first-order valence-electron chi connectivity index (χ1n) is 10.4. The summed E-state index contributed by atoms with van der Waals surface area (Å²) in [4.78, 5) is 4.10. The van der Waals surface area contributed by atoms with E-state index in [1.54, 1.807) is 12.4 Å². The van der Waals surface area contributed by atoms with Crippen molar-refractivity contribution in [1.29, 1.82) is 0 Å². The highest BCUT2D eigenvalue weighted by atomic mass is 32.2. The Morgan fingerprint density at radius 3 is 2.45 bits per heavy atom. The summed E-state index contributed by atoms with van der Waals surface area (Å²) in [7, 11) is -0.402. The normalized spacial score (nSPS) is 12.7. The highest BCUT2D eigenvalue weighted by Gasteiger charge is 2.15. The molecule has 1 N–H and O–H groups in total. The van der Waals surface area contributed by atoms with Gasteiger partial charge in [-0.05, 0) is 62.1 Å². The predicted octanol–water partition coefficient (Wildman–Crippen LogP) is 3.46. The number of nitrogens with zero attached hydrogens (tertiary/aromatic N) is 3. The number of hydrogen-bond donors (Lipinski definition) is 1. The molecule has 0 aliphatic rings. The molecule has 0 amide bonds. The molecular formula is C23H32N4O3S. The molecule has 0 saturated carbocycles. The topological polar surface area (TPSA) is 76.5 Å². The number of fused-ring (bicyclic) bond motifs is 1. The van der Waals surface area contributed by atoms with Crippen LogP contribution in [0.4, 0.5) is 0 Å². The maximum absolute atomic E-state index is 12.0. The molecular weight excluding hydrogens is 412 g/mol. The molecule has 31 heavy (non-hydrogen) atoms. The Morgan fingerprint density at radius 1 is 1.10 bits per heavy atom. The van der Waals surface area contributed by atoms with Gasteiger partial charge in [0.05, 0.1) is 12.2 Å². The van der Waals surface area contributed by atoms with Gasteiger partial charge in [0.2, 0.25) is 0 Å². The van der Waals surface area contributed by atoms with E-state index in [1.165, 1.54) is 18.4 Å². The largest absolute Gasteiger partial charge is 0.374 e. The van der Waals surface area contributed by atoms with Gasteiger partial charge in [0.25, 0.3) is 10.2 Å². The van der Waals surface area contributed by atoms with Crippen LogP contribution in [0.25, 0.3) is 22.0 Å². The van der Waals surface area contributed by atoms with Crippen LogP contribution in [0.1, 0.15) is 26.3 Å². The fourth-order valence-corrected chi connectivity index (χ4v) is 3.99. The summed E-state index contributed by atoms with van der Waals surface area (Å²) in [5, 5.41) is 1.12. The number of rotatable bonds is 9. The van der Waals surface area contributed by atoms with Gasteiger partial charge in [0.1, 0.15) is 0 Å². The molecule has 2 heterocycles. The Kier molecular flexibility index (Phi) is 7.16. The number of ether oxygens (including phenoxy) is 1. The van der Waals surface area contributed by atoms with E-state index in [-0.39, 0.29) is 5.60 Å². The zero-order valence-electron chi connectivity index (χ0n) is 18.9. The average molecular weight is 445 g/mol. The highest BCUT2D eigenvalue weighted by Crippen LogP contribution is 2.28. The molecule has 8 heteroatoms. The van der Waals surface area contributed by atoms with Crippen LogP contribution >= 0.6 is 0 Å². The van der Waals surface area contributed by atoms with Gasteiger partial charge < -0.3 is 9.30 Å². The van der Waals surface area contributed by atoms with Crippen molar-refractivity contribution in [2.45, 2.75) is 39.3 Å². The Bertz CT molecular complexity index is 1120. The summed E-state index contributed by atoms with van der Waals surface area (Å²) in [6, 6.07) is 10.4. The third-order valence-corrected chi connectivity index (χ3v) is 6.54. The van der Waals surface area contributed by atoms with Crippen molar-refractivity contribution in [3.05, 3.63) is 54.5 Å². The fourth-order valence-electron chi connectivity index (χ4n) is 3.37. The lowest BCUT2D eigenvalue weighted by molar-refractivity contribution is -0.00645. The summed E-state index contributed by atoms with van der Waals surface area (Å²) in [6.07, 6.45) is 6.29. The maximum Gasteiger partial charge on any atom is 0.278 e. The van der Waals surface area contributed by atoms with Crippen molar-refractivity contribution in [3.63, 3.8) is 0 Å². The van der Waals surface area contributed by atoms with Crippen LogP contribution in [0.5, 0.6) is 0 Å². The van der Waals surface area contributed by atoms with Gasteiger partial charge >= 0.3 is 0 Å². The van der Waals surface area contributed by atoms with E-state index in [9.17, 15) is 8.42 Å². The standard InChI is InChI=1S/C23H32N4O3S/c1-23(2,3)30-15-14-27-17-20(10-13-25-31(28,29)26(4)5)21-7-6-19(16-22(21)27)18-8-11-24-12-9-18/h6-9,11-12,16-17,25H,10,13-15H2,1-5H3. The van der Waals surface area contributed by atoms with Crippen LogP contribution in [0.3, 0.4) is 0 Å². The fraction of sp³-hybridized carbons (Fsp3) is 0.435. The SMILES string of the molecule is CN(C)S(=O)(=O)NCCc1cn(CCOC(C)(C)C)c2cc(-c3ccncc3)ccc12. The minimum atomic E-state index is -3.44. The number of hydrogen-bond acceptors (Lipinski definition) is 4. The molecule has 0 unspecified atom stereocenters. The maximum atomic E-state index is 12.0. The van der Waals surface area contributed by atoms with Crippen molar-refractivity contribution in [2.75, 3.05) is 27.2 Å². The smallest absolute Gasteiger partial charge is 0.278 e. The van der Waals surface area contributed by atoms with Crippen LogP contribution < -0.4 is 4.72 Å². The first kappa shape index (κ1) is 23.4. The lowest BCUT2D eigenvalue weighted by Gasteiger charge is -2.19. The molecule has 3 aromatic rings. The summed E-state index contributed by atoms with van der Waals surface area (Å²) in [5.41, 5.74) is 4.24. The third kappa shape index (κ3) is 6.13. The van der Waals surface area contributed by atoms with Crippen LogP contribution in [0.15, 0.2) is 48.9 Å². The first-order chi connectivity index (χ1) is 14.6. The lowest BCUT2D eigenvalue weighted by Crippen LogP contribution is -2.36. The number of benzene rings is 1. The van der Waals surface area contributed by atoms with Crippen LogP contribution in [0.2, 0.25) is 0 Å². The van der Waals surface area contributed by atoms with Gasteiger partial charge in [-0.1, -0.05) is 12.1 Å². The summed E-state index contributed by atoms with van der Waals surface area (Å²) < 4.78 is 36.0. The number of aromatic nitrogens is 2. The van der Waals surface area contributed by atoms with E-state index in [1.807, 2.05) is 32.9 Å². The van der Waals surface area contributed by atoms with E-state index in [4.69, 9.17) is 4.74 Å². The second-order valence-electron chi connectivity index (χ2n) is 8.71. The molecule has 0 aliphatic heterocycles. The molecule has 0 saturated heterocycles. The van der Waals surface area contributed by atoms with Crippen molar-refractivity contribution >= 4 is 21.1 Å². The Balaban J connectivity index is 1.89. The second kappa shape index (κ2) is 9.48. The third-order valence-electron chi connectivity index (χ3n) is 5.01. The monoisotopic (exact) mass is 444 g/mol. The van der Waals surface area contributed by atoms with Gasteiger partial charge in [0, 0.05) is 56.7 Å². The van der Waals surface area contributed by atoms with Crippen molar-refractivity contribution in [1.82, 2.24) is 18.6 Å². The van der Waals surface area contributed by atoms with Gasteiger partial charge in [-0.2, -0.15) is 12.7 Å². The van der Waals surface area contributed by atoms with Gasteiger partial charge in [-0.25, -0.2) is 4.72 Å². The average Bonchev–Trinajstić information content (AvgIpc) is 3.04. The molecule has 7 nitrogen and oxygen atoms in total. The van der Waals surface area contributed by atoms with Crippen LogP contribution in [0, 0.1) is 0 Å². The summed E-state index contributed by atoms with van der Waals surface area (Å²) >= 11 is 0.